The van der Waals surface area contributed by atoms with Crippen molar-refractivity contribution in [3.8, 4) is 0 Å². The van der Waals surface area contributed by atoms with E-state index in [1.54, 1.807) is 13.0 Å². The standard InChI is InChI=1S/C22H21Cl2FN4O2/c1-12-19-20(24)16(9-26-21(19)31-27-12)22(30)29-7-6-28-10-14(2-4-15(28)11-29)13-3-5-18(25)17(23)8-13/h3,5,8-9,14-15H,2,4,6-7,10-11H2,1H3/t14-,15+/m1/s1. The van der Waals surface area contributed by atoms with Gasteiger partial charge in [0.1, 0.15) is 5.82 Å². The summed E-state index contributed by atoms with van der Waals surface area (Å²) in [5, 5.41) is 4.98. The largest absolute Gasteiger partial charge is 0.336 e. The first-order valence-electron chi connectivity index (χ1n) is 10.3. The number of benzene rings is 1. The highest BCUT2D eigenvalue weighted by Gasteiger charge is 2.36. The van der Waals surface area contributed by atoms with Gasteiger partial charge in [-0.15, -0.1) is 0 Å². The Hall–Kier alpha value is -2.22. The number of piperazine rings is 1. The minimum absolute atomic E-state index is 0.118. The molecule has 2 aromatic heterocycles. The van der Waals surface area contributed by atoms with Crippen molar-refractivity contribution < 1.29 is 13.7 Å². The van der Waals surface area contributed by atoms with Gasteiger partial charge in [-0.3, -0.25) is 9.69 Å². The van der Waals surface area contributed by atoms with Crippen LogP contribution in [-0.4, -0.2) is 58.1 Å². The van der Waals surface area contributed by atoms with E-state index in [4.69, 9.17) is 27.7 Å². The second-order valence-corrected chi connectivity index (χ2v) is 9.07. The fourth-order valence-electron chi connectivity index (χ4n) is 4.73. The maximum Gasteiger partial charge on any atom is 0.259 e. The highest BCUT2D eigenvalue weighted by atomic mass is 35.5. The van der Waals surface area contributed by atoms with Gasteiger partial charge in [0.05, 0.1) is 26.7 Å². The molecule has 0 radical (unpaired) electrons. The van der Waals surface area contributed by atoms with E-state index in [9.17, 15) is 9.18 Å². The van der Waals surface area contributed by atoms with Gasteiger partial charge in [0.2, 0.25) is 0 Å². The van der Waals surface area contributed by atoms with Crippen molar-refractivity contribution in [1.82, 2.24) is 19.9 Å². The number of carbonyl (C=O) groups excluding carboxylic acids is 1. The van der Waals surface area contributed by atoms with Crippen molar-refractivity contribution in [2.45, 2.75) is 31.7 Å². The SMILES string of the molecule is Cc1noc2ncc(C(=O)N3CCN4C[C@H](c5ccc(F)c(Cl)c5)CC[C@H]4C3)c(Cl)c12. The lowest BCUT2D eigenvalue weighted by molar-refractivity contribution is 0.0329. The number of hydrogen-bond donors (Lipinski definition) is 0. The third-order valence-corrected chi connectivity index (χ3v) is 7.13. The molecule has 2 fully saturated rings. The minimum atomic E-state index is -0.390. The predicted octanol–water partition coefficient (Wildman–Crippen LogP) is 4.68. The Kier molecular flexibility index (Phi) is 5.36. The normalized spacial score (nSPS) is 22.0. The third kappa shape index (κ3) is 3.69. The Morgan fingerprint density at radius 2 is 2.06 bits per heavy atom. The average Bonchev–Trinajstić information content (AvgIpc) is 3.16. The number of fused-ring (bicyclic) bond motifs is 2. The number of aryl methyl sites for hydroxylation is 1. The van der Waals surface area contributed by atoms with E-state index in [0.29, 0.717) is 46.4 Å². The summed E-state index contributed by atoms with van der Waals surface area (Å²) in [4.78, 5) is 21.7. The lowest BCUT2D eigenvalue weighted by atomic mass is 9.86. The molecule has 2 aliphatic heterocycles. The lowest BCUT2D eigenvalue weighted by Gasteiger charge is -2.46. The molecule has 162 valence electrons. The molecule has 2 atom stereocenters. The van der Waals surface area contributed by atoms with Crippen LogP contribution >= 0.6 is 23.2 Å². The Labute approximate surface area is 188 Å². The average molecular weight is 463 g/mol. The second kappa shape index (κ2) is 8.04. The van der Waals surface area contributed by atoms with Crippen LogP contribution in [0.1, 0.15) is 40.4 Å². The third-order valence-electron chi connectivity index (χ3n) is 6.45. The van der Waals surface area contributed by atoms with Crippen molar-refractivity contribution in [3.63, 3.8) is 0 Å². The summed E-state index contributed by atoms with van der Waals surface area (Å²) in [5.41, 5.74) is 2.40. The fraction of sp³-hybridized carbons (Fsp3) is 0.409. The van der Waals surface area contributed by atoms with Crippen LogP contribution in [0.4, 0.5) is 4.39 Å². The van der Waals surface area contributed by atoms with Gasteiger partial charge >= 0.3 is 0 Å². The maximum atomic E-state index is 13.5. The zero-order valence-electron chi connectivity index (χ0n) is 16.9. The Morgan fingerprint density at radius 1 is 1.23 bits per heavy atom. The zero-order chi connectivity index (χ0) is 21.7. The van der Waals surface area contributed by atoms with E-state index in [-0.39, 0.29) is 22.8 Å². The van der Waals surface area contributed by atoms with Gasteiger partial charge in [-0.05, 0) is 43.4 Å². The second-order valence-electron chi connectivity index (χ2n) is 8.28. The molecule has 0 unspecified atom stereocenters. The summed E-state index contributed by atoms with van der Waals surface area (Å²) in [6.07, 6.45) is 3.40. The smallest absolute Gasteiger partial charge is 0.259 e. The van der Waals surface area contributed by atoms with E-state index in [0.717, 1.165) is 31.5 Å². The van der Waals surface area contributed by atoms with Crippen LogP contribution in [0.15, 0.2) is 28.9 Å². The van der Waals surface area contributed by atoms with Crippen LogP contribution in [0.3, 0.4) is 0 Å². The summed E-state index contributed by atoms with van der Waals surface area (Å²) in [7, 11) is 0. The topological polar surface area (TPSA) is 62.5 Å². The van der Waals surface area contributed by atoms with Crippen molar-refractivity contribution in [2.24, 2.45) is 0 Å². The first-order chi connectivity index (χ1) is 14.9. The number of pyridine rings is 1. The molecule has 1 amide bonds. The summed E-state index contributed by atoms with van der Waals surface area (Å²) in [6.45, 7) is 4.69. The molecule has 0 aliphatic carbocycles. The summed E-state index contributed by atoms with van der Waals surface area (Å²) < 4.78 is 18.6. The Balaban J connectivity index is 1.30. The molecule has 0 bridgehead atoms. The summed E-state index contributed by atoms with van der Waals surface area (Å²) >= 11 is 12.5. The van der Waals surface area contributed by atoms with Gasteiger partial charge in [-0.25, -0.2) is 9.37 Å². The zero-order valence-corrected chi connectivity index (χ0v) is 18.5. The van der Waals surface area contributed by atoms with Gasteiger partial charge in [0.25, 0.3) is 11.6 Å². The van der Waals surface area contributed by atoms with Crippen LogP contribution < -0.4 is 0 Å². The van der Waals surface area contributed by atoms with E-state index >= 15 is 0 Å². The number of carbonyl (C=O) groups is 1. The van der Waals surface area contributed by atoms with E-state index in [1.165, 1.54) is 12.3 Å². The number of amides is 1. The van der Waals surface area contributed by atoms with Gasteiger partial charge in [-0.2, -0.15) is 0 Å². The number of halogens is 3. The number of rotatable bonds is 2. The van der Waals surface area contributed by atoms with E-state index in [1.807, 2.05) is 11.0 Å². The summed E-state index contributed by atoms with van der Waals surface area (Å²) in [5.74, 6) is -0.194. The quantitative estimate of drug-likeness (QED) is 0.552. The first-order valence-corrected chi connectivity index (χ1v) is 11.1. The lowest BCUT2D eigenvalue weighted by Crippen LogP contribution is -2.57. The van der Waals surface area contributed by atoms with Crippen molar-refractivity contribution in [1.29, 1.82) is 0 Å². The van der Waals surface area contributed by atoms with Crippen LogP contribution in [0, 0.1) is 12.7 Å². The maximum absolute atomic E-state index is 13.5. The molecule has 0 spiro atoms. The number of piperidine rings is 1. The molecular formula is C22H21Cl2FN4O2. The van der Waals surface area contributed by atoms with Gasteiger partial charge in [0.15, 0.2) is 0 Å². The van der Waals surface area contributed by atoms with Gasteiger partial charge in [0, 0.05) is 38.4 Å². The van der Waals surface area contributed by atoms with Crippen LogP contribution in [0.2, 0.25) is 10.0 Å². The highest BCUT2D eigenvalue weighted by molar-refractivity contribution is 6.38. The molecule has 4 heterocycles. The molecule has 1 aromatic carbocycles. The van der Waals surface area contributed by atoms with E-state index < -0.39 is 0 Å². The van der Waals surface area contributed by atoms with Crippen molar-refractivity contribution >= 4 is 40.2 Å². The monoisotopic (exact) mass is 462 g/mol. The predicted molar refractivity (Wildman–Crippen MR) is 116 cm³/mol. The first kappa shape index (κ1) is 20.7. The molecule has 2 saturated heterocycles. The van der Waals surface area contributed by atoms with E-state index in [2.05, 4.69) is 15.0 Å². The highest BCUT2D eigenvalue weighted by Crippen LogP contribution is 2.34. The number of nitrogens with zero attached hydrogens (tertiary/aromatic N) is 4. The number of hydrogen-bond acceptors (Lipinski definition) is 5. The van der Waals surface area contributed by atoms with Crippen LogP contribution in [0.5, 0.6) is 0 Å². The molecule has 9 heteroatoms. The van der Waals surface area contributed by atoms with Gasteiger partial charge < -0.3 is 9.42 Å². The Morgan fingerprint density at radius 3 is 2.87 bits per heavy atom. The molecule has 2 aliphatic rings. The van der Waals surface area contributed by atoms with Crippen molar-refractivity contribution in [3.05, 3.63) is 57.1 Å². The van der Waals surface area contributed by atoms with Crippen molar-refractivity contribution in [2.75, 3.05) is 26.2 Å². The Bertz CT molecular complexity index is 1170. The molecular weight excluding hydrogens is 442 g/mol. The van der Waals surface area contributed by atoms with Crippen LogP contribution in [0.25, 0.3) is 11.1 Å². The summed E-state index contributed by atoms with van der Waals surface area (Å²) in [6, 6.07) is 5.29. The molecule has 0 N–H and O–H groups in total. The van der Waals surface area contributed by atoms with Crippen LogP contribution in [-0.2, 0) is 0 Å². The molecule has 0 saturated carbocycles. The fourth-order valence-corrected chi connectivity index (χ4v) is 5.27. The molecule has 3 aromatic rings. The molecule has 6 nitrogen and oxygen atoms in total. The number of aromatic nitrogens is 2. The molecule has 5 rings (SSSR count). The molecule has 31 heavy (non-hydrogen) atoms. The minimum Gasteiger partial charge on any atom is -0.336 e. The van der Waals surface area contributed by atoms with Gasteiger partial charge in [-0.1, -0.05) is 34.4 Å².